The van der Waals surface area contributed by atoms with Crippen molar-refractivity contribution in [3.8, 4) is 17.6 Å². The van der Waals surface area contributed by atoms with Crippen LogP contribution in [-0.2, 0) is 4.79 Å². The molecule has 0 aliphatic heterocycles. The van der Waals surface area contributed by atoms with E-state index < -0.39 is 0 Å². The molecule has 3 heteroatoms. The number of ether oxygens (including phenoxy) is 1. The van der Waals surface area contributed by atoms with Gasteiger partial charge in [0.15, 0.2) is 0 Å². The molecule has 0 saturated heterocycles. The van der Waals surface area contributed by atoms with Gasteiger partial charge in [0.1, 0.15) is 5.75 Å². The van der Waals surface area contributed by atoms with Crippen molar-refractivity contribution in [2.24, 2.45) is 5.41 Å². The Bertz CT molecular complexity index is 472. The van der Waals surface area contributed by atoms with E-state index in [1.165, 1.54) is 0 Å². The summed E-state index contributed by atoms with van der Waals surface area (Å²) in [6.45, 7) is 6.49. The summed E-state index contributed by atoms with van der Waals surface area (Å²) in [6.07, 6.45) is 0.511. The van der Waals surface area contributed by atoms with Gasteiger partial charge in [0.2, 0.25) is 5.91 Å². The summed E-state index contributed by atoms with van der Waals surface area (Å²) in [5.74, 6) is 6.77. The molecule has 1 aromatic rings. The van der Waals surface area contributed by atoms with Gasteiger partial charge in [-0.15, -0.1) is 0 Å². The van der Waals surface area contributed by atoms with Crippen LogP contribution in [0.15, 0.2) is 24.3 Å². The van der Waals surface area contributed by atoms with Crippen molar-refractivity contribution in [3.05, 3.63) is 29.8 Å². The van der Waals surface area contributed by atoms with Gasteiger partial charge in [0.25, 0.3) is 0 Å². The van der Waals surface area contributed by atoms with E-state index >= 15 is 0 Å². The largest absolute Gasteiger partial charge is 0.497 e. The van der Waals surface area contributed by atoms with Crippen molar-refractivity contribution in [3.63, 3.8) is 0 Å². The Morgan fingerprint density at radius 3 is 2.42 bits per heavy atom. The SMILES string of the molecule is COc1ccc(C#CCNC(=O)CC(C)(C)C)cc1. The lowest BCUT2D eigenvalue weighted by atomic mass is 9.92. The van der Waals surface area contributed by atoms with Crippen molar-refractivity contribution in [2.75, 3.05) is 13.7 Å². The summed E-state index contributed by atoms with van der Waals surface area (Å²) in [5, 5.41) is 2.79. The summed E-state index contributed by atoms with van der Waals surface area (Å²) in [6, 6.07) is 7.51. The van der Waals surface area contributed by atoms with Crippen LogP contribution < -0.4 is 10.1 Å². The highest BCUT2D eigenvalue weighted by Crippen LogP contribution is 2.17. The number of nitrogens with one attached hydrogen (secondary N) is 1. The highest BCUT2D eigenvalue weighted by molar-refractivity contribution is 5.76. The first-order valence-electron chi connectivity index (χ1n) is 6.30. The monoisotopic (exact) mass is 259 g/mol. The van der Waals surface area contributed by atoms with Gasteiger partial charge in [0, 0.05) is 12.0 Å². The van der Waals surface area contributed by atoms with Gasteiger partial charge < -0.3 is 10.1 Å². The van der Waals surface area contributed by atoms with E-state index in [2.05, 4.69) is 17.2 Å². The van der Waals surface area contributed by atoms with Crippen LogP contribution in [0.4, 0.5) is 0 Å². The Morgan fingerprint density at radius 1 is 1.26 bits per heavy atom. The molecular formula is C16H21NO2. The second-order valence-electron chi connectivity index (χ2n) is 5.54. The number of hydrogen-bond acceptors (Lipinski definition) is 2. The Hall–Kier alpha value is -1.95. The molecule has 0 aliphatic rings. The minimum Gasteiger partial charge on any atom is -0.497 e. The molecule has 0 aliphatic carbocycles. The molecule has 0 fully saturated rings. The van der Waals surface area contributed by atoms with Crippen LogP contribution in [-0.4, -0.2) is 19.6 Å². The van der Waals surface area contributed by atoms with Crippen LogP contribution in [0.2, 0.25) is 0 Å². The number of hydrogen-bond donors (Lipinski definition) is 1. The highest BCUT2D eigenvalue weighted by Gasteiger charge is 2.14. The van der Waals surface area contributed by atoms with E-state index in [9.17, 15) is 4.79 Å². The molecule has 0 atom stereocenters. The van der Waals surface area contributed by atoms with E-state index in [-0.39, 0.29) is 11.3 Å². The molecule has 0 unspecified atom stereocenters. The molecule has 0 bridgehead atoms. The van der Waals surface area contributed by atoms with Gasteiger partial charge in [0.05, 0.1) is 13.7 Å². The molecule has 1 aromatic carbocycles. The molecule has 1 amide bonds. The van der Waals surface area contributed by atoms with E-state index in [1.54, 1.807) is 7.11 Å². The zero-order valence-electron chi connectivity index (χ0n) is 12.0. The van der Waals surface area contributed by atoms with Crippen molar-refractivity contribution >= 4 is 5.91 Å². The summed E-state index contributed by atoms with van der Waals surface area (Å²) < 4.78 is 5.07. The first-order valence-corrected chi connectivity index (χ1v) is 6.30. The van der Waals surface area contributed by atoms with Crippen LogP contribution >= 0.6 is 0 Å². The molecule has 3 nitrogen and oxygen atoms in total. The van der Waals surface area contributed by atoms with Crippen LogP contribution in [0.1, 0.15) is 32.8 Å². The maximum Gasteiger partial charge on any atom is 0.221 e. The maximum absolute atomic E-state index is 11.6. The minimum absolute atomic E-state index is 0.00744. The number of carbonyl (C=O) groups excluding carboxylic acids is 1. The third-order valence-electron chi connectivity index (χ3n) is 2.39. The second kappa shape index (κ2) is 6.84. The van der Waals surface area contributed by atoms with Gasteiger partial charge >= 0.3 is 0 Å². The summed E-state index contributed by atoms with van der Waals surface area (Å²) in [5.41, 5.74) is 0.916. The van der Waals surface area contributed by atoms with Crippen LogP contribution in [0, 0.1) is 17.3 Å². The zero-order valence-corrected chi connectivity index (χ0v) is 12.0. The highest BCUT2D eigenvalue weighted by atomic mass is 16.5. The molecule has 0 aromatic heterocycles. The molecule has 0 spiro atoms. The van der Waals surface area contributed by atoms with Crippen LogP contribution in [0.3, 0.4) is 0 Å². The van der Waals surface area contributed by atoms with Gasteiger partial charge in [-0.05, 0) is 29.7 Å². The summed E-state index contributed by atoms with van der Waals surface area (Å²) in [4.78, 5) is 11.6. The molecular weight excluding hydrogens is 238 g/mol. The normalized spacial score (nSPS) is 10.3. The van der Waals surface area contributed by atoms with Gasteiger partial charge in [-0.2, -0.15) is 0 Å². The number of methoxy groups -OCH3 is 1. The van der Waals surface area contributed by atoms with Crippen LogP contribution in [0.25, 0.3) is 0 Å². The maximum atomic E-state index is 11.6. The third-order valence-corrected chi connectivity index (χ3v) is 2.39. The Balaban J connectivity index is 2.40. The Labute approximate surface area is 115 Å². The van der Waals surface area contributed by atoms with Crippen molar-refractivity contribution < 1.29 is 9.53 Å². The fourth-order valence-electron chi connectivity index (χ4n) is 1.51. The average Bonchev–Trinajstić information content (AvgIpc) is 2.33. The summed E-state index contributed by atoms with van der Waals surface area (Å²) >= 11 is 0. The lowest BCUT2D eigenvalue weighted by molar-refractivity contribution is -0.122. The molecule has 19 heavy (non-hydrogen) atoms. The molecule has 0 heterocycles. The Morgan fingerprint density at radius 2 is 1.89 bits per heavy atom. The first kappa shape index (κ1) is 15.1. The minimum atomic E-state index is 0.00744. The smallest absolute Gasteiger partial charge is 0.221 e. The van der Waals surface area contributed by atoms with Crippen molar-refractivity contribution in [2.45, 2.75) is 27.2 Å². The van der Waals surface area contributed by atoms with Gasteiger partial charge in [-0.25, -0.2) is 0 Å². The average molecular weight is 259 g/mol. The number of carbonyl (C=O) groups is 1. The van der Waals surface area contributed by atoms with E-state index in [1.807, 2.05) is 45.0 Å². The predicted octanol–water partition coefficient (Wildman–Crippen LogP) is 2.60. The lowest BCUT2D eigenvalue weighted by Gasteiger charge is -2.16. The van der Waals surface area contributed by atoms with Crippen molar-refractivity contribution in [1.29, 1.82) is 0 Å². The van der Waals surface area contributed by atoms with Gasteiger partial charge in [-0.3, -0.25) is 4.79 Å². The molecule has 0 saturated carbocycles. The fraction of sp³-hybridized carbons (Fsp3) is 0.438. The predicted molar refractivity (Wildman–Crippen MR) is 77.0 cm³/mol. The standard InChI is InChI=1S/C16H21NO2/c1-16(2,3)12-15(18)17-11-5-6-13-7-9-14(19-4)10-8-13/h7-10H,11-12H2,1-4H3,(H,17,18). The topological polar surface area (TPSA) is 38.3 Å². The van der Waals surface area contributed by atoms with E-state index in [0.29, 0.717) is 13.0 Å². The van der Waals surface area contributed by atoms with E-state index in [4.69, 9.17) is 4.74 Å². The molecule has 1 rings (SSSR count). The summed E-state index contributed by atoms with van der Waals surface area (Å²) in [7, 11) is 1.63. The second-order valence-corrected chi connectivity index (χ2v) is 5.54. The third kappa shape index (κ3) is 6.52. The Kier molecular flexibility index (Phi) is 5.44. The number of rotatable bonds is 3. The molecule has 0 radical (unpaired) electrons. The van der Waals surface area contributed by atoms with Gasteiger partial charge in [-0.1, -0.05) is 32.6 Å². The quantitative estimate of drug-likeness (QED) is 0.847. The molecule has 102 valence electrons. The number of benzene rings is 1. The molecule has 1 N–H and O–H groups in total. The van der Waals surface area contributed by atoms with E-state index in [0.717, 1.165) is 11.3 Å². The first-order chi connectivity index (χ1) is 8.90. The zero-order chi connectivity index (χ0) is 14.3. The van der Waals surface area contributed by atoms with Crippen LogP contribution in [0.5, 0.6) is 5.75 Å². The van der Waals surface area contributed by atoms with Crippen molar-refractivity contribution in [1.82, 2.24) is 5.32 Å². The number of amides is 1. The lowest BCUT2D eigenvalue weighted by Crippen LogP contribution is -2.27. The fourth-order valence-corrected chi connectivity index (χ4v) is 1.51.